The molecule has 0 unspecified atom stereocenters. The van der Waals surface area contributed by atoms with Gasteiger partial charge in [0.2, 0.25) is 0 Å². The Labute approximate surface area is 211 Å². The smallest absolute Gasteiger partial charge is 0.337 e. The monoisotopic (exact) mass is 503 g/mol. The van der Waals surface area contributed by atoms with E-state index < -0.39 is 10.9 Å². The number of nitrogens with zero attached hydrogens (tertiary/aromatic N) is 3. The van der Waals surface area contributed by atoms with E-state index in [0.717, 1.165) is 5.56 Å². The Bertz CT molecular complexity index is 1370. The van der Waals surface area contributed by atoms with E-state index in [-0.39, 0.29) is 18.2 Å². The highest BCUT2D eigenvalue weighted by Gasteiger charge is 2.30. The molecule has 182 valence electrons. The molecule has 3 aromatic rings. The van der Waals surface area contributed by atoms with Crippen LogP contribution in [0.15, 0.2) is 82.7 Å². The van der Waals surface area contributed by atoms with E-state index in [4.69, 9.17) is 9.47 Å². The van der Waals surface area contributed by atoms with Gasteiger partial charge in [0.25, 0.3) is 11.6 Å². The molecule has 1 amide bonds. The molecule has 0 spiro atoms. The maximum Gasteiger partial charge on any atom is 0.337 e. The first kappa shape index (κ1) is 24.7. The van der Waals surface area contributed by atoms with Crippen LogP contribution in [0, 0.1) is 10.1 Å². The minimum atomic E-state index is -0.442. The second-order valence-electron chi connectivity index (χ2n) is 7.69. The summed E-state index contributed by atoms with van der Waals surface area (Å²) in [6, 6.07) is 20.1. The van der Waals surface area contributed by atoms with Gasteiger partial charge in [-0.3, -0.25) is 19.8 Å². The molecule has 36 heavy (non-hydrogen) atoms. The van der Waals surface area contributed by atoms with Gasteiger partial charge >= 0.3 is 5.97 Å². The van der Waals surface area contributed by atoms with Crippen molar-refractivity contribution in [2.75, 3.05) is 14.2 Å². The third-order valence-corrected chi connectivity index (χ3v) is 6.28. The number of hydrogen-bond acceptors (Lipinski definition) is 8. The van der Waals surface area contributed by atoms with Crippen molar-refractivity contribution in [1.29, 1.82) is 0 Å². The quantitative estimate of drug-likeness (QED) is 0.189. The summed E-state index contributed by atoms with van der Waals surface area (Å²) in [6.07, 6.45) is 1.77. The van der Waals surface area contributed by atoms with Crippen LogP contribution < -0.4 is 4.74 Å². The molecular weight excluding hydrogens is 482 g/mol. The molecule has 10 heteroatoms. The second-order valence-corrected chi connectivity index (χ2v) is 8.70. The number of ether oxygens (including phenoxy) is 2. The van der Waals surface area contributed by atoms with Gasteiger partial charge in [-0.05, 0) is 65.4 Å². The van der Waals surface area contributed by atoms with E-state index in [0.29, 0.717) is 32.6 Å². The summed E-state index contributed by atoms with van der Waals surface area (Å²) in [5, 5.41) is 11.4. The van der Waals surface area contributed by atoms with Crippen LogP contribution in [-0.2, 0) is 16.1 Å². The molecule has 0 N–H and O–H groups in total. The summed E-state index contributed by atoms with van der Waals surface area (Å²) >= 11 is 1.26. The fraction of sp³-hybridized carbons (Fsp3) is 0.115. The van der Waals surface area contributed by atoms with Crippen molar-refractivity contribution in [2.24, 2.45) is 4.99 Å². The number of aliphatic imine (C=N–C) groups is 1. The van der Waals surface area contributed by atoms with E-state index in [1.165, 1.54) is 35.9 Å². The Balaban J connectivity index is 1.42. The van der Waals surface area contributed by atoms with Gasteiger partial charge in [0.05, 0.1) is 28.2 Å². The Hall–Kier alpha value is -4.44. The molecule has 9 nitrogen and oxygen atoms in total. The minimum Gasteiger partial charge on any atom is -0.489 e. The lowest BCUT2D eigenvalue weighted by Gasteiger charge is -2.07. The lowest BCUT2D eigenvalue weighted by Crippen LogP contribution is -2.23. The van der Waals surface area contributed by atoms with Crippen molar-refractivity contribution in [1.82, 2.24) is 4.90 Å². The number of non-ortho nitro benzene ring substituents is 1. The van der Waals surface area contributed by atoms with Crippen molar-refractivity contribution in [3.8, 4) is 5.75 Å². The molecule has 4 rings (SSSR count). The molecule has 0 radical (unpaired) electrons. The molecule has 0 atom stereocenters. The molecule has 1 heterocycles. The highest BCUT2D eigenvalue weighted by molar-refractivity contribution is 8.18. The number of nitro benzene ring substituents is 1. The zero-order valence-electron chi connectivity index (χ0n) is 19.4. The Morgan fingerprint density at radius 3 is 2.50 bits per heavy atom. The van der Waals surface area contributed by atoms with E-state index in [9.17, 15) is 19.7 Å². The van der Waals surface area contributed by atoms with Gasteiger partial charge in [-0.25, -0.2) is 9.79 Å². The van der Waals surface area contributed by atoms with Gasteiger partial charge in [-0.1, -0.05) is 24.3 Å². The van der Waals surface area contributed by atoms with E-state index >= 15 is 0 Å². The van der Waals surface area contributed by atoms with Crippen LogP contribution in [0.5, 0.6) is 5.75 Å². The van der Waals surface area contributed by atoms with Gasteiger partial charge in [0.15, 0.2) is 5.17 Å². The van der Waals surface area contributed by atoms with Crippen LogP contribution in [0.2, 0.25) is 0 Å². The van der Waals surface area contributed by atoms with Crippen LogP contribution in [0.25, 0.3) is 6.08 Å². The lowest BCUT2D eigenvalue weighted by atomic mass is 10.2. The zero-order valence-corrected chi connectivity index (χ0v) is 20.2. The van der Waals surface area contributed by atoms with Crippen LogP contribution in [0.1, 0.15) is 21.5 Å². The molecular formula is C26H21N3O6S. The predicted molar refractivity (Wildman–Crippen MR) is 137 cm³/mol. The fourth-order valence-corrected chi connectivity index (χ4v) is 4.28. The normalized spacial score (nSPS) is 15.4. The fourth-order valence-electron chi connectivity index (χ4n) is 3.29. The molecule has 1 saturated heterocycles. The molecule has 3 aromatic carbocycles. The maximum atomic E-state index is 12.7. The summed E-state index contributed by atoms with van der Waals surface area (Å²) in [5.74, 6) is 0.00202. The Kier molecular flexibility index (Phi) is 7.45. The molecule has 0 saturated carbocycles. The van der Waals surface area contributed by atoms with E-state index in [2.05, 4.69) is 4.99 Å². The van der Waals surface area contributed by atoms with Crippen LogP contribution >= 0.6 is 11.8 Å². The first-order chi connectivity index (χ1) is 17.3. The summed E-state index contributed by atoms with van der Waals surface area (Å²) in [6.45, 7) is 0.196. The maximum absolute atomic E-state index is 12.7. The lowest BCUT2D eigenvalue weighted by molar-refractivity contribution is -0.384. The SMILES string of the molecule is COC(=O)c1ccc(N=C2S/C(=C\c3ccc(OCc4cccc([N+](=O)[O-])c4)cc3)C(=O)N2C)cc1. The largest absolute Gasteiger partial charge is 0.489 e. The van der Waals surface area contributed by atoms with Crippen molar-refractivity contribution in [3.63, 3.8) is 0 Å². The third kappa shape index (κ3) is 5.78. The van der Waals surface area contributed by atoms with Gasteiger partial charge in [0, 0.05) is 19.2 Å². The van der Waals surface area contributed by atoms with Gasteiger partial charge in [-0.2, -0.15) is 0 Å². The molecule has 0 bridgehead atoms. The summed E-state index contributed by atoms with van der Waals surface area (Å²) < 4.78 is 10.4. The molecule has 1 aliphatic heterocycles. The number of nitro groups is 1. The average molecular weight is 504 g/mol. The van der Waals surface area contributed by atoms with Gasteiger partial charge in [-0.15, -0.1) is 0 Å². The summed E-state index contributed by atoms with van der Waals surface area (Å²) in [5.41, 5.74) is 2.55. The minimum absolute atomic E-state index is 0.0166. The number of benzene rings is 3. The molecule has 1 aliphatic rings. The predicted octanol–water partition coefficient (Wildman–Crippen LogP) is 5.19. The van der Waals surface area contributed by atoms with E-state index in [1.54, 1.807) is 61.7 Å². The first-order valence-electron chi connectivity index (χ1n) is 10.7. The van der Waals surface area contributed by atoms with Crippen LogP contribution in [0.3, 0.4) is 0 Å². The van der Waals surface area contributed by atoms with Crippen molar-refractivity contribution < 1.29 is 24.0 Å². The number of esters is 1. The highest BCUT2D eigenvalue weighted by atomic mass is 32.2. The number of amides is 1. The Morgan fingerprint density at radius 2 is 1.83 bits per heavy atom. The van der Waals surface area contributed by atoms with Crippen LogP contribution in [-0.4, -0.2) is 41.0 Å². The Morgan fingerprint density at radius 1 is 1.11 bits per heavy atom. The number of thioether (sulfide) groups is 1. The van der Waals surface area contributed by atoms with Gasteiger partial charge in [0.1, 0.15) is 12.4 Å². The second kappa shape index (κ2) is 10.9. The van der Waals surface area contributed by atoms with E-state index in [1.807, 2.05) is 12.1 Å². The highest BCUT2D eigenvalue weighted by Crippen LogP contribution is 2.33. The van der Waals surface area contributed by atoms with Crippen molar-refractivity contribution >= 4 is 46.3 Å². The van der Waals surface area contributed by atoms with Crippen molar-refractivity contribution in [2.45, 2.75) is 6.61 Å². The number of amidine groups is 1. The van der Waals surface area contributed by atoms with Crippen molar-refractivity contribution in [3.05, 3.63) is 105 Å². The number of likely N-dealkylation sites (N-methyl/N-ethyl adjacent to an activating group) is 1. The topological polar surface area (TPSA) is 111 Å². The summed E-state index contributed by atoms with van der Waals surface area (Å²) in [7, 11) is 2.98. The first-order valence-corrected chi connectivity index (χ1v) is 11.6. The number of methoxy groups -OCH3 is 1. The zero-order chi connectivity index (χ0) is 25.7. The van der Waals surface area contributed by atoms with Crippen LogP contribution in [0.4, 0.5) is 11.4 Å². The summed E-state index contributed by atoms with van der Waals surface area (Å²) in [4.78, 5) is 41.3. The standard InChI is InChI=1S/C26H21N3O6S/c1-28-24(30)23(36-26(28)27-20-10-8-19(9-11-20)25(31)34-2)15-17-6-12-22(13-7-17)35-16-18-4-3-5-21(14-18)29(32)33/h3-15H,16H2,1-2H3/b23-15-,27-26?. The average Bonchev–Trinajstić information content (AvgIpc) is 3.16. The number of hydrogen-bond donors (Lipinski definition) is 0. The molecule has 0 aromatic heterocycles. The number of carbonyl (C=O) groups is 2. The molecule has 1 fully saturated rings. The van der Waals surface area contributed by atoms with Gasteiger partial charge < -0.3 is 9.47 Å². The molecule has 0 aliphatic carbocycles. The number of rotatable bonds is 7. The third-order valence-electron chi connectivity index (χ3n) is 5.22. The number of carbonyl (C=O) groups excluding carboxylic acids is 2.